The summed E-state index contributed by atoms with van der Waals surface area (Å²) < 4.78 is 5.44. The highest BCUT2D eigenvalue weighted by Crippen LogP contribution is 2.52. The zero-order valence-electron chi connectivity index (χ0n) is 19.5. The van der Waals surface area contributed by atoms with Crippen LogP contribution in [0.2, 0.25) is 0 Å². The first-order valence-electron chi connectivity index (χ1n) is 12.3. The van der Waals surface area contributed by atoms with Gasteiger partial charge in [0.2, 0.25) is 5.89 Å². The van der Waals surface area contributed by atoms with Crippen molar-refractivity contribution in [2.24, 2.45) is 10.8 Å². The van der Waals surface area contributed by atoms with Crippen LogP contribution in [0.25, 0.3) is 0 Å². The monoisotopic (exact) mass is 434 g/mol. The number of hydrogen-bond donors (Lipinski definition) is 0. The van der Waals surface area contributed by atoms with Crippen LogP contribution in [-0.4, -0.2) is 51.0 Å². The van der Waals surface area contributed by atoms with E-state index >= 15 is 0 Å². The molecule has 1 saturated heterocycles. The molecule has 170 valence electrons. The van der Waals surface area contributed by atoms with Crippen molar-refractivity contribution in [1.29, 1.82) is 0 Å². The molecule has 32 heavy (non-hydrogen) atoms. The lowest BCUT2D eigenvalue weighted by Gasteiger charge is -2.39. The van der Waals surface area contributed by atoms with Gasteiger partial charge >= 0.3 is 0 Å². The summed E-state index contributed by atoms with van der Waals surface area (Å²) in [5, 5.41) is 4.12. The highest BCUT2D eigenvalue weighted by molar-refractivity contribution is 5.97. The number of nitrogens with zero attached hydrogens (tertiary/aromatic N) is 4. The smallest absolute Gasteiger partial charge is 0.253 e. The number of hydrogen-bond acceptors (Lipinski definition) is 5. The molecule has 2 saturated carbocycles. The van der Waals surface area contributed by atoms with Gasteiger partial charge in [-0.1, -0.05) is 32.0 Å². The van der Waals surface area contributed by atoms with E-state index in [0.29, 0.717) is 23.4 Å². The van der Waals surface area contributed by atoms with Crippen molar-refractivity contribution >= 4 is 5.91 Å². The van der Waals surface area contributed by atoms with E-state index in [0.717, 1.165) is 56.1 Å². The molecule has 3 heterocycles. The first-order valence-corrected chi connectivity index (χ1v) is 12.3. The van der Waals surface area contributed by atoms with Gasteiger partial charge in [-0.2, -0.15) is 4.98 Å². The Morgan fingerprint density at radius 1 is 1.25 bits per heavy atom. The zero-order chi connectivity index (χ0) is 22.1. The highest BCUT2D eigenvalue weighted by Gasteiger charge is 2.51. The number of carbonyl (C=O) groups is 1. The normalized spacial score (nSPS) is 32.7. The van der Waals surface area contributed by atoms with E-state index in [1.54, 1.807) is 0 Å². The summed E-state index contributed by atoms with van der Waals surface area (Å²) >= 11 is 0. The van der Waals surface area contributed by atoms with Crippen LogP contribution in [0.15, 0.2) is 40.1 Å². The van der Waals surface area contributed by atoms with Crippen molar-refractivity contribution in [3.05, 3.63) is 47.3 Å². The summed E-state index contributed by atoms with van der Waals surface area (Å²) in [6.07, 6.45) is 16.1. The zero-order valence-corrected chi connectivity index (χ0v) is 19.5. The SMILES string of the molecule is CC1(C)CC2CC(C)(CN2C(=O)C2=CCC3C(=C2)C=CN3CCc2nc(C3CC3)no2)C1. The Morgan fingerprint density at radius 3 is 2.91 bits per heavy atom. The van der Waals surface area contributed by atoms with Crippen LogP contribution >= 0.6 is 0 Å². The number of amides is 1. The van der Waals surface area contributed by atoms with E-state index in [1.165, 1.54) is 24.8 Å². The van der Waals surface area contributed by atoms with Gasteiger partial charge in [-0.15, -0.1) is 0 Å². The molecule has 0 radical (unpaired) electrons. The van der Waals surface area contributed by atoms with E-state index in [9.17, 15) is 4.79 Å². The third-order valence-electron chi connectivity index (χ3n) is 8.06. The predicted molar refractivity (Wildman–Crippen MR) is 122 cm³/mol. The molecule has 0 aromatic carbocycles. The third-order valence-corrected chi connectivity index (χ3v) is 8.06. The molecule has 2 bridgehead atoms. The van der Waals surface area contributed by atoms with E-state index in [2.05, 4.69) is 65.1 Å². The van der Waals surface area contributed by atoms with Crippen LogP contribution in [0, 0.1) is 10.8 Å². The lowest BCUT2D eigenvalue weighted by molar-refractivity contribution is -0.127. The Kier molecular flexibility index (Phi) is 4.47. The molecule has 2 aliphatic heterocycles. The Labute approximate surface area is 190 Å². The Hall–Kier alpha value is -2.37. The largest absolute Gasteiger partial charge is 0.370 e. The fourth-order valence-corrected chi connectivity index (χ4v) is 6.83. The first kappa shape index (κ1) is 20.3. The summed E-state index contributed by atoms with van der Waals surface area (Å²) in [7, 11) is 0. The highest BCUT2D eigenvalue weighted by atomic mass is 16.5. The summed E-state index contributed by atoms with van der Waals surface area (Å²) in [6, 6.07) is 0.699. The van der Waals surface area contributed by atoms with Gasteiger partial charge in [0.1, 0.15) is 0 Å². The van der Waals surface area contributed by atoms with E-state index in [1.807, 2.05) is 0 Å². The Bertz CT molecular complexity index is 1030. The number of carbonyl (C=O) groups excluding carboxylic acids is 1. The quantitative estimate of drug-likeness (QED) is 0.689. The summed E-state index contributed by atoms with van der Waals surface area (Å²) in [4.78, 5) is 22.6. The van der Waals surface area contributed by atoms with Gasteiger partial charge in [-0.3, -0.25) is 4.79 Å². The van der Waals surface area contributed by atoms with Gasteiger partial charge in [0.25, 0.3) is 5.91 Å². The van der Waals surface area contributed by atoms with Gasteiger partial charge in [0, 0.05) is 37.0 Å². The first-order chi connectivity index (χ1) is 15.3. The molecule has 3 atom stereocenters. The lowest BCUT2D eigenvalue weighted by Crippen LogP contribution is -2.39. The minimum absolute atomic E-state index is 0.229. The van der Waals surface area contributed by atoms with E-state index in [4.69, 9.17) is 4.52 Å². The molecule has 6 nitrogen and oxygen atoms in total. The fraction of sp³-hybridized carbons (Fsp3) is 0.654. The average Bonchev–Trinajstić information content (AvgIpc) is 3.24. The molecule has 3 unspecified atom stereocenters. The second-order valence-corrected chi connectivity index (χ2v) is 11.8. The van der Waals surface area contributed by atoms with Gasteiger partial charge in [-0.05, 0) is 73.3 Å². The van der Waals surface area contributed by atoms with Gasteiger partial charge in [0.15, 0.2) is 5.82 Å². The van der Waals surface area contributed by atoms with Crippen LogP contribution in [0.1, 0.15) is 76.9 Å². The van der Waals surface area contributed by atoms with Crippen molar-refractivity contribution in [3.63, 3.8) is 0 Å². The molecule has 3 aliphatic carbocycles. The summed E-state index contributed by atoms with van der Waals surface area (Å²) in [5.41, 5.74) is 2.71. The third kappa shape index (κ3) is 3.61. The molecule has 1 aromatic rings. The molecule has 0 spiro atoms. The number of fused-ring (bicyclic) bond motifs is 3. The second-order valence-electron chi connectivity index (χ2n) is 11.8. The molecule has 0 N–H and O–H groups in total. The van der Waals surface area contributed by atoms with Gasteiger partial charge in [-0.25, -0.2) is 0 Å². The number of rotatable bonds is 5. The summed E-state index contributed by atoms with van der Waals surface area (Å²) in [5.74, 6) is 2.37. The fourth-order valence-electron chi connectivity index (χ4n) is 6.83. The minimum Gasteiger partial charge on any atom is -0.370 e. The number of likely N-dealkylation sites (tertiary alicyclic amines) is 1. The molecular formula is C26H34N4O2. The molecular weight excluding hydrogens is 400 g/mol. The van der Waals surface area contributed by atoms with Crippen molar-refractivity contribution in [3.8, 4) is 0 Å². The standard InChI is InChI=1S/C26H34N4O2/c1-25(2)13-20-14-26(3,15-25)16-30(20)24(31)19-6-7-21-18(12-19)8-10-29(21)11-9-22-27-23(28-32-22)17-4-5-17/h6,8,10,12,17,20-21H,4-5,7,9,11,13-16H2,1-3H3. The average molecular weight is 435 g/mol. The van der Waals surface area contributed by atoms with Crippen LogP contribution in [0.3, 0.4) is 0 Å². The van der Waals surface area contributed by atoms with Crippen LogP contribution < -0.4 is 0 Å². The Balaban J connectivity index is 1.10. The summed E-state index contributed by atoms with van der Waals surface area (Å²) in [6.45, 7) is 8.84. The second kappa shape index (κ2) is 7.06. The molecule has 1 aromatic heterocycles. The Morgan fingerprint density at radius 2 is 2.09 bits per heavy atom. The van der Waals surface area contributed by atoms with E-state index in [-0.39, 0.29) is 11.3 Å². The molecule has 5 aliphatic rings. The number of aromatic nitrogens is 2. The topological polar surface area (TPSA) is 62.5 Å². The van der Waals surface area contributed by atoms with Crippen molar-refractivity contribution < 1.29 is 9.32 Å². The molecule has 3 fully saturated rings. The van der Waals surface area contributed by atoms with Crippen molar-refractivity contribution in [1.82, 2.24) is 19.9 Å². The maximum atomic E-state index is 13.5. The maximum Gasteiger partial charge on any atom is 0.253 e. The maximum absolute atomic E-state index is 13.5. The van der Waals surface area contributed by atoms with Crippen LogP contribution in [-0.2, 0) is 11.2 Å². The van der Waals surface area contributed by atoms with Gasteiger partial charge in [0.05, 0.1) is 6.04 Å². The predicted octanol–water partition coefficient (Wildman–Crippen LogP) is 4.37. The molecule has 6 heteroatoms. The van der Waals surface area contributed by atoms with Crippen LogP contribution in [0.5, 0.6) is 0 Å². The van der Waals surface area contributed by atoms with Crippen molar-refractivity contribution in [2.75, 3.05) is 13.1 Å². The lowest BCUT2D eigenvalue weighted by atomic mass is 9.65. The molecule has 6 rings (SSSR count). The van der Waals surface area contributed by atoms with Crippen molar-refractivity contribution in [2.45, 2.75) is 83.7 Å². The minimum atomic E-state index is 0.229. The molecule has 1 amide bonds. The van der Waals surface area contributed by atoms with E-state index < -0.39 is 0 Å². The van der Waals surface area contributed by atoms with Crippen LogP contribution in [0.4, 0.5) is 0 Å². The van der Waals surface area contributed by atoms with Gasteiger partial charge < -0.3 is 14.3 Å².